The van der Waals surface area contributed by atoms with E-state index in [1.807, 2.05) is 20.9 Å². The van der Waals surface area contributed by atoms with Gasteiger partial charge in [0.2, 0.25) is 0 Å². The minimum absolute atomic E-state index is 0.203. The van der Waals surface area contributed by atoms with Crippen molar-refractivity contribution in [3.63, 3.8) is 0 Å². The first-order valence-corrected chi connectivity index (χ1v) is 11.7. The topological polar surface area (TPSA) is 21.3 Å². The second-order valence-corrected chi connectivity index (χ2v) is 7.89. The molecule has 0 saturated heterocycles. The van der Waals surface area contributed by atoms with Crippen LogP contribution >= 0.6 is 0 Å². The SMILES string of the molecule is CC.CCC=CC(C)CC[I-]Oc1ccc(C(CC)NC)cc1C. The molecular formula is C21H37INO-. The summed E-state index contributed by atoms with van der Waals surface area (Å²) in [7, 11) is 2.02. The molecule has 3 heteroatoms. The molecule has 0 heterocycles. The summed E-state index contributed by atoms with van der Waals surface area (Å²) < 4.78 is 7.27. The summed E-state index contributed by atoms with van der Waals surface area (Å²) in [6.45, 7) is 12.8. The molecule has 2 unspecified atom stereocenters. The van der Waals surface area contributed by atoms with Crippen LogP contribution in [0.1, 0.15) is 71.0 Å². The summed E-state index contributed by atoms with van der Waals surface area (Å²) in [5, 5.41) is 3.36. The fourth-order valence-corrected chi connectivity index (χ4v) is 4.65. The maximum atomic E-state index is 6.06. The Balaban J connectivity index is 0.00000254. The van der Waals surface area contributed by atoms with Gasteiger partial charge in [-0.2, -0.15) is 0 Å². The molecule has 0 aromatic heterocycles. The van der Waals surface area contributed by atoms with Crippen molar-refractivity contribution in [2.75, 3.05) is 11.5 Å². The Kier molecular flexibility index (Phi) is 14.4. The van der Waals surface area contributed by atoms with E-state index in [9.17, 15) is 0 Å². The summed E-state index contributed by atoms with van der Waals surface area (Å²) in [5.74, 6) is 1.74. The molecule has 0 spiro atoms. The zero-order valence-electron chi connectivity index (χ0n) is 16.7. The van der Waals surface area contributed by atoms with Crippen molar-refractivity contribution in [2.24, 2.45) is 5.92 Å². The predicted molar refractivity (Wildman–Crippen MR) is 103 cm³/mol. The van der Waals surface area contributed by atoms with Crippen LogP contribution in [0, 0.1) is 12.8 Å². The van der Waals surface area contributed by atoms with Gasteiger partial charge >= 0.3 is 148 Å². The molecule has 24 heavy (non-hydrogen) atoms. The second kappa shape index (κ2) is 14.8. The Hall–Kier alpha value is -0.550. The number of hydrogen-bond donors (Lipinski definition) is 1. The van der Waals surface area contributed by atoms with Gasteiger partial charge in [-0.15, -0.1) is 0 Å². The van der Waals surface area contributed by atoms with Crippen LogP contribution in [0.5, 0.6) is 5.75 Å². The maximum absolute atomic E-state index is 6.06. The molecule has 0 fully saturated rings. The number of allylic oxidation sites excluding steroid dienone is 2. The van der Waals surface area contributed by atoms with Gasteiger partial charge in [0.1, 0.15) is 0 Å². The van der Waals surface area contributed by atoms with Gasteiger partial charge in [0.05, 0.1) is 0 Å². The number of alkyl halides is 1. The van der Waals surface area contributed by atoms with E-state index in [1.165, 1.54) is 22.0 Å². The predicted octanol–water partition coefficient (Wildman–Crippen LogP) is 3.07. The molecule has 1 aromatic rings. The molecule has 2 atom stereocenters. The third kappa shape index (κ3) is 9.07. The van der Waals surface area contributed by atoms with Crippen LogP contribution in [0.2, 0.25) is 0 Å². The van der Waals surface area contributed by atoms with E-state index in [0.29, 0.717) is 12.0 Å². The molecule has 1 aromatic carbocycles. The number of aryl methyl sites for hydroxylation is 1. The summed E-state index contributed by atoms with van der Waals surface area (Å²) in [4.78, 5) is 0. The summed E-state index contributed by atoms with van der Waals surface area (Å²) in [6, 6.07) is 7.04. The number of halogens is 1. The Morgan fingerprint density at radius 2 is 1.96 bits per heavy atom. The van der Waals surface area contributed by atoms with Gasteiger partial charge in [-0.05, 0) is 0 Å². The monoisotopic (exact) mass is 446 g/mol. The van der Waals surface area contributed by atoms with Crippen molar-refractivity contribution in [3.05, 3.63) is 41.5 Å². The number of rotatable bonds is 10. The molecule has 0 radical (unpaired) electrons. The van der Waals surface area contributed by atoms with Crippen LogP contribution in [-0.4, -0.2) is 11.5 Å². The fourth-order valence-electron chi connectivity index (χ4n) is 2.36. The van der Waals surface area contributed by atoms with Crippen molar-refractivity contribution < 1.29 is 24.7 Å². The van der Waals surface area contributed by atoms with Gasteiger partial charge in [0, 0.05) is 0 Å². The van der Waals surface area contributed by atoms with E-state index in [0.717, 1.165) is 18.6 Å². The molecule has 0 saturated carbocycles. The number of nitrogens with one attached hydrogen (secondary N) is 1. The zero-order valence-corrected chi connectivity index (χ0v) is 18.8. The molecule has 0 bridgehead atoms. The van der Waals surface area contributed by atoms with Crippen molar-refractivity contribution in [1.82, 2.24) is 5.32 Å². The Morgan fingerprint density at radius 3 is 2.50 bits per heavy atom. The summed E-state index contributed by atoms with van der Waals surface area (Å²) in [6.07, 6.45) is 8.06. The van der Waals surface area contributed by atoms with Crippen molar-refractivity contribution in [1.29, 1.82) is 0 Å². The van der Waals surface area contributed by atoms with Crippen LogP contribution in [-0.2, 0) is 0 Å². The van der Waals surface area contributed by atoms with Gasteiger partial charge in [-0.1, -0.05) is 13.8 Å². The minimum atomic E-state index is -0.203. The average molecular weight is 446 g/mol. The Morgan fingerprint density at radius 1 is 1.25 bits per heavy atom. The van der Waals surface area contributed by atoms with Crippen LogP contribution in [0.15, 0.2) is 30.4 Å². The van der Waals surface area contributed by atoms with Crippen molar-refractivity contribution in [2.45, 2.75) is 66.8 Å². The van der Waals surface area contributed by atoms with Crippen molar-refractivity contribution >= 4 is 0 Å². The third-order valence-electron chi connectivity index (χ3n) is 3.84. The Bertz CT molecular complexity index is 455. The van der Waals surface area contributed by atoms with Crippen molar-refractivity contribution in [3.8, 4) is 5.75 Å². The first kappa shape index (κ1) is 23.4. The van der Waals surface area contributed by atoms with E-state index in [4.69, 9.17) is 3.07 Å². The summed E-state index contributed by atoms with van der Waals surface area (Å²) in [5.41, 5.74) is 2.61. The van der Waals surface area contributed by atoms with E-state index in [-0.39, 0.29) is 21.6 Å². The normalized spacial score (nSPS) is 13.5. The Labute approximate surface area is 161 Å². The first-order chi connectivity index (χ1) is 11.6. The molecule has 1 N–H and O–H groups in total. The molecular weight excluding hydrogens is 409 g/mol. The van der Waals surface area contributed by atoms with Gasteiger partial charge in [-0.3, -0.25) is 0 Å². The van der Waals surface area contributed by atoms with Crippen LogP contribution in [0.4, 0.5) is 0 Å². The molecule has 0 aliphatic heterocycles. The average Bonchev–Trinajstić information content (AvgIpc) is 2.61. The molecule has 140 valence electrons. The fraction of sp³-hybridized carbons (Fsp3) is 0.619. The van der Waals surface area contributed by atoms with E-state index < -0.39 is 0 Å². The third-order valence-corrected chi connectivity index (χ3v) is 5.69. The molecule has 2 nitrogen and oxygen atoms in total. The van der Waals surface area contributed by atoms with Gasteiger partial charge < -0.3 is 0 Å². The van der Waals surface area contributed by atoms with Gasteiger partial charge in [-0.25, -0.2) is 0 Å². The number of benzene rings is 1. The standard InChI is InChI=1S/C19H31INO.C2H6/c1-6-8-9-15(3)12-13-20-22-19-11-10-17(14-16(19)4)18(7-2)21-5;1-2/h8-11,14-15,18,21H,6-7,12-13H2,1-5H3;1-2H3/q-1;. The molecule has 0 amide bonds. The molecule has 1 rings (SSSR count). The van der Waals surface area contributed by atoms with E-state index >= 15 is 0 Å². The van der Waals surface area contributed by atoms with Crippen LogP contribution in [0.3, 0.4) is 0 Å². The molecule has 0 aliphatic rings. The first-order valence-electron chi connectivity index (χ1n) is 9.32. The van der Waals surface area contributed by atoms with Crippen LogP contribution in [0.25, 0.3) is 0 Å². The van der Waals surface area contributed by atoms with Gasteiger partial charge in [0.25, 0.3) is 0 Å². The zero-order chi connectivity index (χ0) is 18.4. The van der Waals surface area contributed by atoms with E-state index in [2.05, 4.69) is 63.4 Å². The van der Waals surface area contributed by atoms with Gasteiger partial charge in [0.15, 0.2) is 0 Å². The van der Waals surface area contributed by atoms with E-state index in [1.54, 1.807) is 0 Å². The summed E-state index contributed by atoms with van der Waals surface area (Å²) >= 11 is -0.203. The quantitative estimate of drug-likeness (QED) is 0.258. The molecule has 0 aliphatic carbocycles. The number of hydrogen-bond acceptors (Lipinski definition) is 2. The van der Waals surface area contributed by atoms with Crippen LogP contribution < -0.4 is 30.0 Å². The second-order valence-electron chi connectivity index (χ2n) is 5.75.